The van der Waals surface area contributed by atoms with Crippen LogP contribution in [0.15, 0.2) is 59.5 Å². The van der Waals surface area contributed by atoms with Gasteiger partial charge < -0.3 is 10.1 Å². The lowest BCUT2D eigenvalue weighted by Crippen LogP contribution is -2.40. The molecular weight excluding hydrogens is 388 g/mol. The predicted octanol–water partition coefficient (Wildman–Crippen LogP) is 3.01. The number of carbonyl (C=O) groups excluding carboxylic acids is 1. The van der Waals surface area contributed by atoms with Crippen molar-refractivity contribution < 1.29 is 17.9 Å². The van der Waals surface area contributed by atoms with Crippen molar-refractivity contribution in [2.75, 3.05) is 31.6 Å². The van der Waals surface area contributed by atoms with Crippen molar-refractivity contribution in [3.63, 3.8) is 0 Å². The van der Waals surface area contributed by atoms with Crippen molar-refractivity contribution >= 4 is 39.3 Å². The van der Waals surface area contributed by atoms with Gasteiger partial charge in [0.15, 0.2) is 0 Å². The molecule has 1 heterocycles. The van der Waals surface area contributed by atoms with Crippen molar-refractivity contribution in [3.8, 4) is 0 Å². The number of nitrogens with zero attached hydrogens (tertiary/aromatic N) is 1. The third-order valence-electron chi connectivity index (χ3n) is 4.03. The zero-order valence-electron chi connectivity index (χ0n) is 14.5. The van der Waals surface area contributed by atoms with E-state index in [2.05, 4.69) is 5.32 Å². The lowest BCUT2D eigenvalue weighted by atomic mass is 10.2. The molecule has 0 aliphatic carbocycles. The van der Waals surface area contributed by atoms with Crippen LogP contribution < -0.4 is 5.32 Å². The molecule has 6 nitrogen and oxygen atoms in total. The summed E-state index contributed by atoms with van der Waals surface area (Å²) in [5.74, 6) is -0.311. The third kappa shape index (κ3) is 5.17. The van der Waals surface area contributed by atoms with E-state index in [-0.39, 0.29) is 10.8 Å². The van der Waals surface area contributed by atoms with Crippen molar-refractivity contribution in [1.29, 1.82) is 0 Å². The Labute approximate surface area is 163 Å². The molecule has 3 rings (SSSR count). The summed E-state index contributed by atoms with van der Waals surface area (Å²) in [5.41, 5.74) is 1.36. The zero-order chi connectivity index (χ0) is 19.3. The maximum Gasteiger partial charge on any atom is 0.248 e. The highest BCUT2D eigenvalue weighted by molar-refractivity contribution is 7.89. The molecule has 1 amide bonds. The number of hydrogen-bond acceptors (Lipinski definition) is 4. The van der Waals surface area contributed by atoms with Gasteiger partial charge in [-0.25, -0.2) is 8.42 Å². The number of sulfonamides is 1. The van der Waals surface area contributed by atoms with Crippen LogP contribution in [0, 0.1) is 0 Å². The zero-order valence-corrected chi connectivity index (χ0v) is 16.0. The Balaban J connectivity index is 1.63. The Hall–Kier alpha value is -2.19. The second-order valence-electron chi connectivity index (χ2n) is 5.91. The van der Waals surface area contributed by atoms with Crippen LogP contribution in [0.2, 0.25) is 5.02 Å². The average molecular weight is 407 g/mol. The number of halogens is 1. The summed E-state index contributed by atoms with van der Waals surface area (Å²) in [4.78, 5) is 12.2. The van der Waals surface area contributed by atoms with Crippen LogP contribution in [0.4, 0.5) is 5.69 Å². The number of anilines is 1. The number of ether oxygens (including phenoxy) is 1. The molecule has 0 unspecified atom stereocenters. The van der Waals surface area contributed by atoms with Gasteiger partial charge in [-0.05, 0) is 48.0 Å². The van der Waals surface area contributed by atoms with Gasteiger partial charge in [0.25, 0.3) is 0 Å². The lowest BCUT2D eigenvalue weighted by molar-refractivity contribution is -0.111. The summed E-state index contributed by atoms with van der Waals surface area (Å²) in [6, 6.07) is 13.2. The first-order valence-electron chi connectivity index (χ1n) is 8.38. The molecule has 1 aliphatic rings. The quantitative estimate of drug-likeness (QED) is 0.774. The molecule has 0 aromatic heterocycles. The van der Waals surface area contributed by atoms with Crippen LogP contribution in [-0.4, -0.2) is 44.9 Å². The van der Waals surface area contributed by atoms with Crippen molar-refractivity contribution in [2.45, 2.75) is 4.90 Å². The van der Waals surface area contributed by atoms with E-state index in [1.807, 2.05) is 0 Å². The molecule has 0 spiro atoms. The molecule has 1 aliphatic heterocycles. The molecular formula is C19H19ClN2O4S. The van der Waals surface area contributed by atoms with E-state index in [1.165, 1.54) is 22.5 Å². The Morgan fingerprint density at radius 2 is 1.67 bits per heavy atom. The normalized spacial score (nSPS) is 15.7. The minimum absolute atomic E-state index is 0.194. The third-order valence-corrected chi connectivity index (χ3v) is 6.19. The summed E-state index contributed by atoms with van der Waals surface area (Å²) in [6.45, 7) is 1.48. The first-order chi connectivity index (χ1) is 12.9. The van der Waals surface area contributed by atoms with E-state index in [4.69, 9.17) is 16.3 Å². The number of hydrogen-bond donors (Lipinski definition) is 1. The van der Waals surface area contributed by atoms with Gasteiger partial charge in [0.1, 0.15) is 0 Å². The Kier molecular flexibility index (Phi) is 6.28. The molecule has 1 fully saturated rings. The summed E-state index contributed by atoms with van der Waals surface area (Å²) in [6.07, 6.45) is 3.07. The molecule has 0 saturated carbocycles. The van der Waals surface area contributed by atoms with Crippen LogP contribution >= 0.6 is 11.6 Å². The van der Waals surface area contributed by atoms with Gasteiger partial charge in [-0.3, -0.25) is 4.79 Å². The van der Waals surface area contributed by atoms with Crippen molar-refractivity contribution in [2.24, 2.45) is 0 Å². The van der Waals surface area contributed by atoms with Crippen molar-refractivity contribution in [1.82, 2.24) is 4.31 Å². The number of benzene rings is 2. The molecule has 0 bridgehead atoms. The minimum atomic E-state index is -3.54. The average Bonchev–Trinajstić information content (AvgIpc) is 2.69. The van der Waals surface area contributed by atoms with Gasteiger partial charge in [-0.15, -0.1) is 0 Å². The molecule has 1 saturated heterocycles. The van der Waals surface area contributed by atoms with E-state index >= 15 is 0 Å². The summed E-state index contributed by atoms with van der Waals surface area (Å²) < 4.78 is 31.7. The van der Waals surface area contributed by atoms with Crippen LogP contribution in [-0.2, 0) is 19.6 Å². The molecule has 0 atom stereocenters. The molecule has 2 aromatic rings. The van der Waals surface area contributed by atoms with Gasteiger partial charge in [0.05, 0.1) is 18.1 Å². The number of rotatable bonds is 5. The Bertz CT molecular complexity index is 919. The summed E-state index contributed by atoms with van der Waals surface area (Å²) in [5, 5.41) is 3.33. The highest BCUT2D eigenvalue weighted by atomic mass is 35.5. The van der Waals surface area contributed by atoms with Gasteiger partial charge in [0.2, 0.25) is 15.9 Å². The van der Waals surface area contributed by atoms with E-state index in [9.17, 15) is 13.2 Å². The largest absolute Gasteiger partial charge is 0.379 e. The maximum atomic E-state index is 12.6. The first-order valence-corrected chi connectivity index (χ1v) is 10.2. The number of nitrogens with one attached hydrogen (secondary N) is 1. The van der Waals surface area contributed by atoms with Crippen molar-refractivity contribution in [3.05, 3.63) is 65.2 Å². The fraction of sp³-hybridized carbons (Fsp3) is 0.211. The Morgan fingerprint density at radius 1 is 1.04 bits per heavy atom. The van der Waals surface area contributed by atoms with Crippen LogP contribution in [0.1, 0.15) is 5.56 Å². The Morgan fingerprint density at radius 3 is 2.30 bits per heavy atom. The molecule has 27 heavy (non-hydrogen) atoms. The molecule has 8 heteroatoms. The number of carbonyl (C=O) groups is 1. The van der Waals surface area contributed by atoms with Gasteiger partial charge in [0, 0.05) is 29.9 Å². The molecule has 0 radical (unpaired) electrons. The van der Waals surface area contributed by atoms with Crippen LogP contribution in [0.25, 0.3) is 6.08 Å². The molecule has 2 aromatic carbocycles. The fourth-order valence-corrected chi connectivity index (χ4v) is 4.11. The van der Waals surface area contributed by atoms with E-state index < -0.39 is 10.0 Å². The second-order valence-corrected chi connectivity index (χ2v) is 8.29. The number of morpholine rings is 1. The van der Waals surface area contributed by atoms with Gasteiger partial charge >= 0.3 is 0 Å². The maximum absolute atomic E-state index is 12.6. The second kappa shape index (κ2) is 8.67. The van der Waals surface area contributed by atoms with E-state index in [1.54, 1.807) is 42.5 Å². The summed E-state index contributed by atoms with van der Waals surface area (Å²) >= 11 is 5.82. The van der Waals surface area contributed by atoms with Gasteiger partial charge in [-0.2, -0.15) is 4.31 Å². The van der Waals surface area contributed by atoms with E-state index in [0.29, 0.717) is 37.0 Å². The highest BCUT2D eigenvalue weighted by Crippen LogP contribution is 2.19. The summed E-state index contributed by atoms with van der Waals surface area (Å²) in [7, 11) is -3.54. The minimum Gasteiger partial charge on any atom is -0.379 e. The standard InChI is InChI=1S/C19H19ClN2O4S/c20-16-4-1-15(2-5-16)3-10-19(23)21-17-6-8-18(9-7-17)27(24,25)22-11-13-26-14-12-22/h1-10H,11-14H2,(H,21,23)/b10-3+. The fourth-order valence-electron chi connectivity index (χ4n) is 2.58. The van der Waals surface area contributed by atoms with Crippen LogP contribution in [0.3, 0.4) is 0 Å². The van der Waals surface area contributed by atoms with Crippen LogP contribution in [0.5, 0.6) is 0 Å². The lowest BCUT2D eigenvalue weighted by Gasteiger charge is -2.26. The van der Waals surface area contributed by atoms with E-state index in [0.717, 1.165) is 5.56 Å². The smallest absolute Gasteiger partial charge is 0.248 e. The topological polar surface area (TPSA) is 75.7 Å². The molecule has 142 valence electrons. The SMILES string of the molecule is O=C(/C=C/c1ccc(Cl)cc1)Nc1ccc(S(=O)(=O)N2CCOCC2)cc1. The highest BCUT2D eigenvalue weighted by Gasteiger charge is 2.26. The first kappa shape index (κ1) is 19.6. The predicted molar refractivity (Wildman–Crippen MR) is 105 cm³/mol. The monoisotopic (exact) mass is 406 g/mol. The van der Waals surface area contributed by atoms with Gasteiger partial charge in [-0.1, -0.05) is 23.7 Å². The molecule has 1 N–H and O–H groups in total. The number of amides is 1.